The summed E-state index contributed by atoms with van der Waals surface area (Å²) in [5.41, 5.74) is 1.65. The lowest BCUT2D eigenvalue weighted by molar-refractivity contribution is -0.117. The van der Waals surface area contributed by atoms with E-state index in [0.29, 0.717) is 42.8 Å². The summed E-state index contributed by atoms with van der Waals surface area (Å²) in [7, 11) is 0. The second-order valence-corrected chi connectivity index (χ2v) is 8.57. The number of carbonyl (C=O) groups excluding carboxylic acids is 2. The van der Waals surface area contributed by atoms with Gasteiger partial charge in [-0.25, -0.2) is 9.18 Å². The Morgan fingerprint density at radius 2 is 1.65 bits per heavy atom. The smallest absolute Gasteiger partial charge is 0.317 e. The summed E-state index contributed by atoms with van der Waals surface area (Å²) in [6.07, 6.45) is 2.23. The molecule has 164 valence electrons. The van der Waals surface area contributed by atoms with Gasteiger partial charge in [0.1, 0.15) is 5.82 Å². The fourth-order valence-electron chi connectivity index (χ4n) is 3.84. The van der Waals surface area contributed by atoms with E-state index in [0.717, 1.165) is 18.4 Å². The standard InChI is InChI=1S/C23H26ClFN4O2/c24-18-5-3-17(4-6-18)22(16-1-2-16)27-23(31)29-13-11-28(12-14-29)15-21(30)26-20-9-7-19(25)8-10-20/h3-10,16,22H,1-2,11-15H2,(H,26,30)(H,27,31). The first-order chi connectivity index (χ1) is 15.0. The number of carbonyl (C=O) groups is 2. The first-order valence-electron chi connectivity index (χ1n) is 10.6. The average Bonchev–Trinajstić information content (AvgIpc) is 3.60. The lowest BCUT2D eigenvalue weighted by Gasteiger charge is -2.35. The molecule has 0 radical (unpaired) electrons. The Labute approximate surface area is 186 Å². The molecule has 4 rings (SSSR count). The van der Waals surface area contributed by atoms with Crippen molar-refractivity contribution in [2.45, 2.75) is 18.9 Å². The molecule has 2 N–H and O–H groups in total. The van der Waals surface area contributed by atoms with Gasteiger partial charge in [-0.15, -0.1) is 0 Å². The highest BCUT2D eigenvalue weighted by molar-refractivity contribution is 6.30. The molecule has 31 heavy (non-hydrogen) atoms. The summed E-state index contributed by atoms with van der Waals surface area (Å²) in [6, 6.07) is 13.3. The van der Waals surface area contributed by atoms with Gasteiger partial charge in [0.2, 0.25) is 5.91 Å². The number of benzene rings is 2. The third kappa shape index (κ3) is 5.95. The van der Waals surface area contributed by atoms with Crippen molar-refractivity contribution in [3.05, 3.63) is 64.9 Å². The molecule has 8 heteroatoms. The average molecular weight is 445 g/mol. The van der Waals surface area contributed by atoms with Gasteiger partial charge in [-0.2, -0.15) is 0 Å². The number of hydrogen-bond acceptors (Lipinski definition) is 3. The van der Waals surface area contributed by atoms with E-state index < -0.39 is 0 Å². The number of amides is 3. The number of halogens is 2. The molecule has 0 aromatic heterocycles. The van der Waals surface area contributed by atoms with Gasteiger partial charge in [-0.1, -0.05) is 23.7 Å². The summed E-state index contributed by atoms with van der Waals surface area (Å²) in [5.74, 6) is -0.0185. The predicted molar refractivity (Wildman–Crippen MR) is 118 cm³/mol. The number of hydrogen-bond donors (Lipinski definition) is 2. The van der Waals surface area contributed by atoms with Gasteiger partial charge in [0, 0.05) is 36.9 Å². The van der Waals surface area contributed by atoms with Crippen molar-refractivity contribution in [2.24, 2.45) is 5.92 Å². The van der Waals surface area contributed by atoms with E-state index >= 15 is 0 Å². The Hall–Kier alpha value is -2.64. The highest BCUT2D eigenvalue weighted by atomic mass is 35.5. The number of piperazine rings is 1. The zero-order valence-electron chi connectivity index (χ0n) is 17.2. The molecule has 0 spiro atoms. The maximum Gasteiger partial charge on any atom is 0.317 e. The van der Waals surface area contributed by atoms with Crippen LogP contribution in [0.5, 0.6) is 0 Å². The number of nitrogens with one attached hydrogen (secondary N) is 2. The van der Waals surface area contributed by atoms with Crippen LogP contribution in [0.4, 0.5) is 14.9 Å². The molecule has 1 atom stereocenters. The van der Waals surface area contributed by atoms with Crippen LogP contribution in [0.25, 0.3) is 0 Å². The summed E-state index contributed by atoms with van der Waals surface area (Å²) >= 11 is 6.00. The molecule has 1 aliphatic heterocycles. The van der Waals surface area contributed by atoms with Crippen molar-refractivity contribution in [3.8, 4) is 0 Å². The summed E-state index contributed by atoms with van der Waals surface area (Å²) in [5, 5.41) is 6.65. The van der Waals surface area contributed by atoms with Crippen molar-refractivity contribution >= 4 is 29.2 Å². The maximum absolute atomic E-state index is 13.0. The molecule has 6 nitrogen and oxygen atoms in total. The van der Waals surface area contributed by atoms with Crippen molar-refractivity contribution in [3.63, 3.8) is 0 Å². The lowest BCUT2D eigenvalue weighted by Crippen LogP contribution is -2.53. The summed E-state index contributed by atoms with van der Waals surface area (Å²) in [4.78, 5) is 28.9. The van der Waals surface area contributed by atoms with E-state index in [-0.39, 0.29) is 30.3 Å². The molecule has 2 fully saturated rings. The summed E-state index contributed by atoms with van der Waals surface area (Å²) in [6.45, 7) is 2.61. The quantitative estimate of drug-likeness (QED) is 0.710. The second kappa shape index (κ2) is 9.66. The van der Waals surface area contributed by atoms with Crippen molar-refractivity contribution in [1.29, 1.82) is 0 Å². The van der Waals surface area contributed by atoms with Crippen molar-refractivity contribution in [2.75, 3.05) is 38.0 Å². The van der Waals surface area contributed by atoms with Gasteiger partial charge in [0.05, 0.1) is 12.6 Å². The van der Waals surface area contributed by atoms with Crippen molar-refractivity contribution in [1.82, 2.24) is 15.1 Å². The van der Waals surface area contributed by atoms with E-state index in [9.17, 15) is 14.0 Å². The minimum atomic E-state index is -0.340. The maximum atomic E-state index is 13.0. The predicted octanol–water partition coefficient (Wildman–Crippen LogP) is 3.90. The Morgan fingerprint density at radius 1 is 1.00 bits per heavy atom. The van der Waals surface area contributed by atoms with Crippen LogP contribution in [0.1, 0.15) is 24.4 Å². The highest BCUT2D eigenvalue weighted by Crippen LogP contribution is 2.41. The van der Waals surface area contributed by atoms with Crippen LogP contribution >= 0.6 is 11.6 Å². The second-order valence-electron chi connectivity index (χ2n) is 8.13. The SMILES string of the molecule is O=C(CN1CCN(C(=O)NC(c2ccc(Cl)cc2)C2CC2)CC1)Nc1ccc(F)cc1. The first-order valence-corrected chi connectivity index (χ1v) is 10.9. The molecule has 1 saturated heterocycles. The molecule has 0 bridgehead atoms. The number of nitrogens with zero attached hydrogens (tertiary/aromatic N) is 2. The van der Waals surface area contributed by atoms with Crippen LogP contribution in [-0.4, -0.2) is 54.5 Å². The van der Waals surface area contributed by atoms with Gasteiger partial charge in [-0.05, 0) is 60.7 Å². The third-order valence-electron chi connectivity index (χ3n) is 5.76. The zero-order chi connectivity index (χ0) is 21.8. The van der Waals surface area contributed by atoms with Crippen LogP contribution in [0.15, 0.2) is 48.5 Å². The third-order valence-corrected chi connectivity index (χ3v) is 6.01. The Kier molecular flexibility index (Phi) is 6.73. The molecular formula is C23H26ClFN4O2. The molecule has 2 aliphatic rings. The van der Waals surface area contributed by atoms with Gasteiger partial charge >= 0.3 is 6.03 Å². The van der Waals surface area contributed by atoms with Crippen LogP contribution < -0.4 is 10.6 Å². The van der Waals surface area contributed by atoms with Crippen molar-refractivity contribution < 1.29 is 14.0 Å². The molecule has 2 aromatic rings. The largest absolute Gasteiger partial charge is 0.331 e. The number of urea groups is 1. The van der Waals surface area contributed by atoms with Crippen LogP contribution in [0.3, 0.4) is 0 Å². The minimum absolute atomic E-state index is 0.00397. The van der Waals surface area contributed by atoms with E-state index in [1.165, 1.54) is 24.3 Å². The normalized spacial score (nSPS) is 17.8. The fourth-order valence-corrected chi connectivity index (χ4v) is 3.97. The Bertz CT molecular complexity index is 910. The molecule has 3 amide bonds. The number of rotatable bonds is 6. The molecule has 1 unspecified atom stereocenters. The molecule has 2 aromatic carbocycles. The van der Waals surface area contributed by atoms with Crippen LogP contribution in [0.2, 0.25) is 5.02 Å². The van der Waals surface area contributed by atoms with E-state index in [4.69, 9.17) is 11.6 Å². The van der Waals surface area contributed by atoms with E-state index in [1.807, 2.05) is 29.2 Å². The lowest BCUT2D eigenvalue weighted by atomic mass is 10.0. The first kappa shape index (κ1) is 21.6. The van der Waals surface area contributed by atoms with Gasteiger partial charge < -0.3 is 15.5 Å². The molecular weight excluding hydrogens is 419 g/mol. The van der Waals surface area contributed by atoms with Crippen LogP contribution in [-0.2, 0) is 4.79 Å². The molecule has 1 saturated carbocycles. The fraction of sp³-hybridized carbons (Fsp3) is 0.391. The Balaban J connectivity index is 1.25. The van der Waals surface area contributed by atoms with Crippen LogP contribution in [0, 0.1) is 11.7 Å². The monoisotopic (exact) mass is 444 g/mol. The Morgan fingerprint density at radius 3 is 2.26 bits per heavy atom. The highest BCUT2D eigenvalue weighted by Gasteiger charge is 2.34. The van der Waals surface area contributed by atoms with Gasteiger partial charge in [0.15, 0.2) is 0 Å². The van der Waals surface area contributed by atoms with E-state index in [2.05, 4.69) is 10.6 Å². The minimum Gasteiger partial charge on any atom is -0.331 e. The van der Waals surface area contributed by atoms with E-state index in [1.54, 1.807) is 4.90 Å². The zero-order valence-corrected chi connectivity index (χ0v) is 17.9. The van der Waals surface area contributed by atoms with Gasteiger partial charge in [0.25, 0.3) is 0 Å². The molecule has 1 heterocycles. The number of anilines is 1. The topological polar surface area (TPSA) is 64.7 Å². The molecule has 1 aliphatic carbocycles. The summed E-state index contributed by atoms with van der Waals surface area (Å²) < 4.78 is 13.0. The van der Waals surface area contributed by atoms with Gasteiger partial charge in [-0.3, -0.25) is 9.69 Å².